The zero-order chi connectivity index (χ0) is 16.9. The van der Waals surface area contributed by atoms with Crippen LogP contribution in [0.15, 0.2) is 12.1 Å². The fourth-order valence-corrected chi connectivity index (χ4v) is 0.980. The summed E-state index contributed by atoms with van der Waals surface area (Å²) in [7, 11) is 0. The van der Waals surface area contributed by atoms with Crippen LogP contribution >= 0.6 is 0 Å². The molecule has 1 fully saturated rings. The van der Waals surface area contributed by atoms with Gasteiger partial charge < -0.3 is 0 Å². The van der Waals surface area contributed by atoms with Gasteiger partial charge in [-0.05, 0) is 37.7 Å². The molecule has 8 heteroatoms. The molecule has 22 heavy (non-hydrogen) atoms. The minimum atomic E-state index is -4.87. The van der Waals surface area contributed by atoms with Gasteiger partial charge in [0, 0.05) is 28.7 Å². The van der Waals surface area contributed by atoms with Crippen LogP contribution in [0, 0.1) is 63.1 Å². The van der Waals surface area contributed by atoms with E-state index >= 15 is 0 Å². The molecule has 1 aromatic carbocycles. The van der Waals surface area contributed by atoms with Gasteiger partial charge in [0.2, 0.25) is 0 Å². The summed E-state index contributed by atoms with van der Waals surface area (Å²) in [5.74, 6) is -2.76. The summed E-state index contributed by atoms with van der Waals surface area (Å²) in [4.78, 5) is 0. The monoisotopic (exact) mass is 358 g/mol. The number of alkyl halides is 3. The van der Waals surface area contributed by atoms with E-state index in [0.717, 1.165) is 0 Å². The number of rotatable bonds is 0. The van der Waals surface area contributed by atoms with E-state index in [1.807, 2.05) is 32.1 Å². The van der Waals surface area contributed by atoms with Crippen molar-refractivity contribution in [3.63, 3.8) is 0 Å². The third kappa shape index (κ3) is 11.5. The Labute approximate surface area is 136 Å². The van der Waals surface area contributed by atoms with Crippen LogP contribution in [0.2, 0.25) is 0 Å². The maximum Gasteiger partial charge on any atom is 0 e. The normalized spacial score (nSPS) is 12.0. The molecule has 5 radical (unpaired) electrons. The van der Waals surface area contributed by atoms with Crippen molar-refractivity contribution >= 4 is 0 Å². The maximum atomic E-state index is 12.3. The molecule has 0 spiro atoms. The van der Waals surface area contributed by atoms with E-state index in [-0.39, 0.29) is 23.1 Å². The second-order valence-corrected chi connectivity index (χ2v) is 3.01. The van der Waals surface area contributed by atoms with E-state index < -0.39 is 23.4 Å². The Bertz CT molecular complexity index is 426. The Kier molecular flexibility index (Phi) is 17.3. The fourth-order valence-electron chi connectivity index (χ4n) is 0.980. The second-order valence-electron chi connectivity index (χ2n) is 3.01. The first kappa shape index (κ1) is 25.8. The first-order valence-electron chi connectivity index (χ1n) is 4.92. The smallest absolute Gasteiger partial charge is 0 e. The summed E-state index contributed by atoms with van der Waals surface area (Å²) in [6, 6.07) is 2.11. The quantitative estimate of drug-likeness (QED) is 0.294. The third-order valence-corrected chi connectivity index (χ3v) is 1.72. The topological polar surface area (TPSA) is 39.8 Å². The largest absolute Gasteiger partial charge is 0.0312 e. The second kappa shape index (κ2) is 14.8. The number of benzene rings is 1. The number of halogens is 5. The molecule has 0 heterocycles. The number of hydrogen-bond acceptors (Lipinski definition) is 0. The molecule has 0 unspecified atom stereocenters. The van der Waals surface area contributed by atoms with Crippen LogP contribution in [0.3, 0.4) is 0 Å². The van der Waals surface area contributed by atoms with Crippen LogP contribution in [-0.4, -0.2) is 0 Å². The van der Waals surface area contributed by atoms with Gasteiger partial charge in [0.05, 0.1) is 0 Å². The van der Waals surface area contributed by atoms with Crippen LogP contribution in [0.25, 0.3) is 0 Å². The zero-order valence-corrected chi connectivity index (χ0v) is 11.7. The molecule has 0 aliphatic heterocycles. The first-order valence-corrected chi connectivity index (χ1v) is 4.92. The van der Waals surface area contributed by atoms with Crippen molar-refractivity contribution in [2.45, 2.75) is 6.18 Å². The van der Waals surface area contributed by atoms with Crippen LogP contribution in [0.5, 0.6) is 0 Å². The Balaban J connectivity index is -0.000000303. The van der Waals surface area contributed by atoms with Crippen molar-refractivity contribution in [3.8, 4) is 0 Å². The summed E-state index contributed by atoms with van der Waals surface area (Å²) in [6.45, 7) is 9.00. The zero-order valence-electron chi connectivity index (χ0n) is 10.6. The van der Waals surface area contributed by atoms with Gasteiger partial charge in [0.1, 0.15) is 0 Å². The van der Waals surface area contributed by atoms with Crippen molar-refractivity contribution in [3.05, 3.63) is 80.8 Å². The van der Waals surface area contributed by atoms with E-state index in [2.05, 4.69) is 13.3 Å². The first-order chi connectivity index (χ1) is 9.91. The average molecular weight is 358 g/mol. The van der Waals surface area contributed by atoms with Crippen LogP contribution in [0.4, 0.5) is 22.0 Å². The molecule has 1 saturated carbocycles. The van der Waals surface area contributed by atoms with E-state index in [9.17, 15) is 22.0 Å². The Morgan fingerprint density at radius 1 is 0.864 bits per heavy atom. The molecule has 0 atom stereocenters. The van der Waals surface area contributed by atoms with Crippen LogP contribution < -0.4 is 0 Å². The Morgan fingerprint density at radius 2 is 1.23 bits per heavy atom. The molecular weight excluding hydrogens is 351 g/mol. The van der Waals surface area contributed by atoms with E-state index in [0.29, 0.717) is 6.07 Å². The van der Waals surface area contributed by atoms with E-state index in [1.54, 1.807) is 0 Å². The summed E-state index contributed by atoms with van der Waals surface area (Å²) >= 11 is 0. The minimum Gasteiger partial charge on any atom is -0.0312 e. The van der Waals surface area contributed by atoms with E-state index in [4.69, 9.17) is 9.30 Å². The molecule has 0 amide bonds. The average Bonchev–Trinajstić information content (AvgIpc) is 3.04. The molecule has 0 N–H and O–H groups in total. The molecule has 0 saturated heterocycles. The molecular formula is C14H7F5FeO2-. The summed E-state index contributed by atoms with van der Waals surface area (Å²) < 4.78 is 74.9. The fraction of sp³-hybridized carbons (Fsp3) is 0.0714. The molecule has 2 nitrogen and oxygen atoms in total. The summed E-state index contributed by atoms with van der Waals surface area (Å²) in [5.41, 5.74) is -1.64. The van der Waals surface area contributed by atoms with Gasteiger partial charge in [0.25, 0.3) is 0 Å². The van der Waals surface area contributed by atoms with Crippen molar-refractivity contribution in [1.82, 2.24) is 0 Å². The molecule has 0 bridgehead atoms. The van der Waals surface area contributed by atoms with Gasteiger partial charge in [-0.2, -0.15) is 13.2 Å². The standard InChI is InChI=1S/C7H2F5.C5H5.2CO.Fe/c8-4-1-2-6(9)5(3-4)7(10,11)12;1-2-4-5-3-1;2*1-2;/h1,3H;1-5H;;;/q-1;;;;. The van der Waals surface area contributed by atoms with Gasteiger partial charge in [-0.15, -0.1) is 18.2 Å². The molecule has 119 valence electrons. The van der Waals surface area contributed by atoms with Gasteiger partial charge in [0.15, 0.2) is 0 Å². The predicted molar refractivity (Wildman–Crippen MR) is 59.6 cm³/mol. The van der Waals surface area contributed by atoms with Gasteiger partial charge in [-0.1, -0.05) is 0 Å². The van der Waals surface area contributed by atoms with Crippen molar-refractivity contribution < 1.29 is 48.3 Å². The summed E-state index contributed by atoms with van der Waals surface area (Å²) in [6.07, 6.45) is 5.13. The van der Waals surface area contributed by atoms with Crippen LogP contribution in [0.1, 0.15) is 5.56 Å². The molecule has 1 aliphatic carbocycles. The number of hydrogen-bond donors (Lipinski definition) is 0. The maximum absolute atomic E-state index is 12.3. The molecule has 1 aromatic rings. The predicted octanol–water partition coefficient (Wildman–Crippen LogP) is 3.73. The van der Waals surface area contributed by atoms with Gasteiger partial charge in [-0.25, -0.2) is 4.39 Å². The van der Waals surface area contributed by atoms with Crippen molar-refractivity contribution in [2.24, 2.45) is 0 Å². The van der Waals surface area contributed by atoms with E-state index in [1.165, 1.54) is 6.07 Å². The third-order valence-electron chi connectivity index (χ3n) is 1.72. The van der Waals surface area contributed by atoms with Gasteiger partial charge in [-0.3, -0.25) is 4.39 Å². The Hall–Kier alpha value is -1.13. The SMILES string of the molecule is Fc1c[c-]c(F)c(C(F)(F)F)c1.[C-]#[O+].[C-]#[O+].[CH]1[CH][CH][CH][CH]1.[Fe]. The summed E-state index contributed by atoms with van der Waals surface area (Å²) in [5, 5.41) is 0. The molecule has 0 aromatic heterocycles. The molecule has 1 aliphatic rings. The van der Waals surface area contributed by atoms with Gasteiger partial charge >= 0.3 is 28.8 Å². The minimum absolute atomic E-state index is 0. The van der Waals surface area contributed by atoms with Crippen molar-refractivity contribution in [1.29, 1.82) is 0 Å². The van der Waals surface area contributed by atoms with Crippen LogP contribution in [-0.2, 0) is 32.5 Å². The Morgan fingerprint density at radius 3 is 1.50 bits per heavy atom. The van der Waals surface area contributed by atoms with Crippen molar-refractivity contribution in [2.75, 3.05) is 0 Å². The molecule has 2 rings (SSSR count).